The van der Waals surface area contributed by atoms with Crippen LogP contribution in [0.3, 0.4) is 0 Å². The number of rotatable bonds is 5. The van der Waals surface area contributed by atoms with Crippen LogP contribution in [-0.2, 0) is 11.3 Å². The van der Waals surface area contributed by atoms with E-state index in [1.165, 1.54) is 13.2 Å². The maximum atomic E-state index is 11.5. The fraction of sp³-hybridized carbons (Fsp3) is 0.154. The van der Waals surface area contributed by atoms with Crippen LogP contribution in [0.1, 0.15) is 15.9 Å². The Kier molecular flexibility index (Phi) is 4.77. The second-order valence-electron chi connectivity index (χ2n) is 4.09. The van der Waals surface area contributed by atoms with Crippen molar-refractivity contribution < 1.29 is 14.5 Å². The van der Waals surface area contributed by atoms with Gasteiger partial charge in [0.2, 0.25) is 0 Å². The Morgan fingerprint density at radius 3 is 2.86 bits per heavy atom. The lowest BCUT2D eigenvalue weighted by Crippen LogP contribution is -2.04. The maximum absolute atomic E-state index is 11.5. The third kappa shape index (κ3) is 3.71. The summed E-state index contributed by atoms with van der Waals surface area (Å²) in [6.45, 7) is 0.409. The van der Waals surface area contributed by atoms with Gasteiger partial charge in [-0.05, 0) is 23.8 Å². The van der Waals surface area contributed by atoms with Gasteiger partial charge in [-0.1, -0.05) is 22.9 Å². The molecule has 0 bridgehead atoms. The van der Waals surface area contributed by atoms with Gasteiger partial charge in [-0.3, -0.25) is 10.1 Å². The van der Waals surface area contributed by atoms with Crippen molar-refractivity contribution in [3.63, 3.8) is 0 Å². The fourth-order valence-corrected chi connectivity index (χ4v) is 2.58. The Balaban J connectivity index is 2.09. The quantitative estimate of drug-likeness (QED) is 0.514. The van der Waals surface area contributed by atoms with Crippen LogP contribution >= 0.6 is 22.9 Å². The molecule has 6 nitrogen and oxygen atoms in total. The van der Waals surface area contributed by atoms with E-state index in [1.807, 2.05) is 0 Å². The van der Waals surface area contributed by atoms with Crippen molar-refractivity contribution in [2.24, 2.45) is 0 Å². The van der Waals surface area contributed by atoms with E-state index in [-0.39, 0.29) is 10.6 Å². The van der Waals surface area contributed by atoms with E-state index in [9.17, 15) is 14.9 Å². The van der Waals surface area contributed by atoms with Crippen molar-refractivity contribution in [2.75, 3.05) is 12.4 Å². The van der Waals surface area contributed by atoms with E-state index in [2.05, 4.69) is 10.1 Å². The monoisotopic (exact) mass is 326 g/mol. The topological polar surface area (TPSA) is 81.5 Å². The van der Waals surface area contributed by atoms with E-state index >= 15 is 0 Å². The minimum absolute atomic E-state index is 0.0955. The molecule has 8 heteroatoms. The zero-order chi connectivity index (χ0) is 15.4. The number of carbonyl (C=O) groups excluding carboxylic acids is 1. The standard InChI is InChI=1S/C13H11ClN2O4S/c1-20-13(17)10-5-9(2-3-11(10)14)15-6-8-4-12(16(18)19)21-7-8/h2-5,7,15H,6H2,1H3. The molecule has 0 radical (unpaired) electrons. The predicted octanol–water partition coefficient (Wildman–Crippen LogP) is 3.71. The Morgan fingerprint density at radius 1 is 1.48 bits per heavy atom. The minimum atomic E-state index is -0.519. The number of halogens is 1. The molecule has 0 fully saturated rings. The van der Waals surface area contributed by atoms with Gasteiger partial charge in [-0.25, -0.2) is 4.79 Å². The summed E-state index contributed by atoms with van der Waals surface area (Å²) in [6.07, 6.45) is 0. The third-order valence-corrected chi connectivity index (χ3v) is 3.95. The number of benzene rings is 1. The number of nitrogens with one attached hydrogen (secondary N) is 1. The number of hydrogen-bond donors (Lipinski definition) is 1. The number of nitro groups is 1. The number of ether oxygens (including phenoxy) is 1. The van der Waals surface area contributed by atoms with E-state index in [1.54, 1.807) is 23.6 Å². The van der Waals surface area contributed by atoms with Crippen LogP contribution in [0.15, 0.2) is 29.6 Å². The average Bonchev–Trinajstić information content (AvgIpc) is 2.94. The molecule has 1 aromatic heterocycles. The summed E-state index contributed by atoms with van der Waals surface area (Å²) in [6, 6.07) is 6.39. The molecule has 2 rings (SSSR count). The molecule has 0 aliphatic rings. The maximum Gasteiger partial charge on any atom is 0.339 e. The lowest BCUT2D eigenvalue weighted by molar-refractivity contribution is -0.380. The van der Waals surface area contributed by atoms with Gasteiger partial charge in [-0.2, -0.15) is 0 Å². The van der Waals surface area contributed by atoms with Gasteiger partial charge in [0, 0.05) is 23.7 Å². The molecular weight excluding hydrogens is 316 g/mol. The summed E-state index contributed by atoms with van der Waals surface area (Å²) in [5.74, 6) is -0.519. The number of hydrogen-bond acceptors (Lipinski definition) is 6. The third-order valence-electron chi connectivity index (χ3n) is 2.69. The molecule has 0 amide bonds. The highest BCUT2D eigenvalue weighted by atomic mass is 35.5. The molecule has 0 unspecified atom stereocenters. The normalized spacial score (nSPS) is 10.2. The van der Waals surface area contributed by atoms with Gasteiger partial charge in [0.05, 0.1) is 22.6 Å². The van der Waals surface area contributed by atoms with Crippen LogP contribution in [0.2, 0.25) is 5.02 Å². The minimum Gasteiger partial charge on any atom is -0.465 e. The number of thiophene rings is 1. The van der Waals surface area contributed by atoms with Gasteiger partial charge >= 0.3 is 11.0 Å². The summed E-state index contributed by atoms with van der Waals surface area (Å²) >= 11 is 7.00. The van der Waals surface area contributed by atoms with Crippen LogP contribution in [0.4, 0.5) is 10.7 Å². The zero-order valence-electron chi connectivity index (χ0n) is 11.0. The molecule has 21 heavy (non-hydrogen) atoms. The summed E-state index contributed by atoms with van der Waals surface area (Å²) in [5, 5.41) is 15.8. The lowest BCUT2D eigenvalue weighted by Gasteiger charge is -2.08. The molecule has 1 N–H and O–H groups in total. The van der Waals surface area contributed by atoms with Crippen molar-refractivity contribution in [3.8, 4) is 0 Å². The van der Waals surface area contributed by atoms with Crippen molar-refractivity contribution >= 4 is 39.6 Å². The highest BCUT2D eigenvalue weighted by Gasteiger charge is 2.12. The molecular formula is C13H11ClN2O4S. The number of methoxy groups -OCH3 is 1. The number of carbonyl (C=O) groups is 1. The molecule has 0 spiro atoms. The van der Waals surface area contributed by atoms with Gasteiger partial charge in [0.1, 0.15) is 0 Å². The van der Waals surface area contributed by atoms with E-state index < -0.39 is 10.9 Å². The van der Waals surface area contributed by atoms with Crippen LogP contribution in [0.5, 0.6) is 0 Å². The number of nitrogens with zero attached hydrogens (tertiary/aromatic N) is 1. The van der Waals surface area contributed by atoms with Crippen LogP contribution < -0.4 is 5.32 Å². The molecule has 1 aromatic carbocycles. The fourth-order valence-electron chi connectivity index (χ4n) is 1.66. The average molecular weight is 327 g/mol. The summed E-state index contributed by atoms with van der Waals surface area (Å²) in [7, 11) is 1.28. The van der Waals surface area contributed by atoms with E-state index in [4.69, 9.17) is 11.6 Å². The largest absolute Gasteiger partial charge is 0.465 e. The van der Waals surface area contributed by atoms with E-state index in [0.29, 0.717) is 17.3 Å². The van der Waals surface area contributed by atoms with Gasteiger partial charge in [0.15, 0.2) is 0 Å². The molecule has 0 aliphatic heterocycles. The van der Waals surface area contributed by atoms with Crippen LogP contribution in [-0.4, -0.2) is 18.0 Å². The lowest BCUT2D eigenvalue weighted by atomic mass is 10.2. The summed E-state index contributed by atoms with van der Waals surface area (Å²) in [5.41, 5.74) is 1.73. The van der Waals surface area contributed by atoms with Crippen LogP contribution in [0, 0.1) is 10.1 Å². The van der Waals surface area contributed by atoms with Crippen LogP contribution in [0.25, 0.3) is 0 Å². The van der Waals surface area contributed by atoms with Crippen molar-refractivity contribution in [1.29, 1.82) is 0 Å². The first-order valence-electron chi connectivity index (χ1n) is 5.85. The second-order valence-corrected chi connectivity index (χ2v) is 5.39. The first-order valence-corrected chi connectivity index (χ1v) is 7.10. The Labute approximate surface area is 129 Å². The highest BCUT2D eigenvalue weighted by Crippen LogP contribution is 2.25. The summed E-state index contributed by atoms with van der Waals surface area (Å²) < 4.78 is 4.64. The first kappa shape index (κ1) is 15.3. The number of anilines is 1. The Morgan fingerprint density at radius 2 is 2.24 bits per heavy atom. The molecule has 1 heterocycles. The molecule has 2 aromatic rings. The second kappa shape index (κ2) is 6.55. The molecule has 0 saturated carbocycles. The summed E-state index contributed by atoms with van der Waals surface area (Å²) in [4.78, 5) is 21.7. The molecule has 0 aliphatic carbocycles. The Bertz CT molecular complexity index is 687. The van der Waals surface area contributed by atoms with E-state index in [0.717, 1.165) is 16.9 Å². The molecule has 0 saturated heterocycles. The Hall–Kier alpha value is -2.12. The van der Waals surface area contributed by atoms with Gasteiger partial charge < -0.3 is 10.1 Å². The first-order chi connectivity index (χ1) is 10.0. The molecule has 0 atom stereocenters. The van der Waals surface area contributed by atoms with Crippen molar-refractivity contribution in [2.45, 2.75) is 6.54 Å². The SMILES string of the molecule is COC(=O)c1cc(NCc2csc([N+](=O)[O-])c2)ccc1Cl. The smallest absolute Gasteiger partial charge is 0.339 e. The molecule has 110 valence electrons. The number of esters is 1. The zero-order valence-corrected chi connectivity index (χ0v) is 12.5. The van der Waals surface area contributed by atoms with Gasteiger partial charge in [-0.15, -0.1) is 0 Å². The predicted molar refractivity (Wildman–Crippen MR) is 81.1 cm³/mol. The van der Waals surface area contributed by atoms with Gasteiger partial charge in [0.25, 0.3) is 0 Å². The van der Waals surface area contributed by atoms with Crippen molar-refractivity contribution in [1.82, 2.24) is 0 Å². The highest BCUT2D eigenvalue weighted by molar-refractivity contribution is 7.13. The van der Waals surface area contributed by atoms with Crippen molar-refractivity contribution in [3.05, 3.63) is 55.9 Å².